The van der Waals surface area contributed by atoms with Crippen molar-refractivity contribution in [3.63, 3.8) is 0 Å². The van der Waals surface area contributed by atoms with E-state index >= 15 is 0 Å². The summed E-state index contributed by atoms with van der Waals surface area (Å²) in [6.07, 6.45) is 9.22. The summed E-state index contributed by atoms with van der Waals surface area (Å²) in [6, 6.07) is 7.40. The maximum atomic E-state index is 13.1. The molecule has 1 N–H and O–H groups in total. The van der Waals surface area contributed by atoms with Gasteiger partial charge in [0.25, 0.3) is 5.91 Å². The van der Waals surface area contributed by atoms with Crippen LogP contribution < -0.4 is 0 Å². The van der Waals surface area contributed by atoms with E-state index < -0.39 is 0 Å². The lowest BCUT2D eigenvalue weighted by Gasteiger charge is -2.21. The van der Waals surface area contributed by atoms with Gasteiger partial charge in [-0.05, 0) is 17.7 Å². The molecule has 8 nitrogen and oxygen atoms in total. The average Bonchev–Trinajstić information content (AvgIpc) is 3.43. The van der Waals surface area contributed by atoms with E-state index in [1.807, 2.05) is 18.2 Å². The van der Waals surface area contributed by atoms with E-state index in [-0.39, 0.29) is 5.91 Å². The Kier molecular flexibility index (Phi) is 4.29. The number of aromatic amines is 1. The third-order valence-electron chi connectivity index (χ3n) is 3.90. The van der Waals surface area contributed by atoms with Crippen LogP contribution in [-0.4, -0.2) is 31.0 Å². The second-order valence-corrected chi connectivity index (χ2v) is 5.69. The molecule has 0 saturated carbocycles. The maximum absolute atomic E-state index is 13.1. The van der Waals surface area contributed by atoms with Gasteiger partial charge in [-0.25, -0.2) is 9.97 Å². The molecule has 0 radical (unpaired) electrons. The molecule has 0 aliphatic heterocycles. The lowest BCUT2D eigenvalue weighted by atomic mass is 10.1. The largest absolute Gasteiger partial charge is 0.451 e. The van der Waals surface area contributed by atoms with Gasteiger partial charge in [-0.2, -0.15) is 5.10 Å². The zero-order chi connectivity index (χ0) is 17.8. The van der Waals surface area contributed by atoms with Crippen molar-refractivity contribution < 1.29 is 13.6 Å². The molecule has 1 aromatic carbocycles. The molecule has 0 unspecified atom stereocenters. The fourth-order valence-corrected chi connectivity index (χ4v) is 2.64. The van der Waals surface area contributed by atoms with Gasteiger partial charge in [0, 0.05) is 17.3 Å². The first-order chi connectivity index (χ1) is 12.8. The van der Waals surface area contributed by atoms with Gasteiger partial charge < -0.3 is 13.7 Å². The van der Waals surface area contributed by atoms with Gasteiger partial charge in [0.05, 0.1) is 30.7 Å². The van der Waals surface area contributed by atoms with Crippen molar-refractivity contribution in [2.24, 2.45) is 0 Å². The van der Waals surface area contributed by atoms with E-state index in [9.17, 15) is 4.79 Å². The molecule has 4 aromatic rings. The number of carbonyl (C=O) groups excluding carboxylic acids is 1. The number of oxazole rings is 2. The summed E-state index contributed by atoms with van der Waals surface area (Å²) in [5, 5.41) is 6.73. The minimum atomic E-state index is -0.138. The Morgan fingerprint density at radius 3 is 2.35 bits per heavy atom. The number of hydrogen-bond donors (Lipinski definition) is 1. The highest BCUT2D eigenvalue weighted by molar-refractivity contribution is 5.95. The van der Waals surface area contributed by atoms with Crippen LogP contribution in [-0.2, 0) is 13.1 Å². The number of carbonyl (C=O) groups is 1. The van der Waals surface area contributed by atoms with E-state index in [2.05, 4.69) is 20.2 Å². The van der Waals surface area contributed by atoms with Gasteiger partial charge in [-0.15, -0.1) is 0 Å². The summed E-state index contributed by atoms with van der Waals surface area (Å²) < 4.78 is 10.0. The third-order valence-corrected chi connectivity index (χ3v) is 3.90. The second-order valence-electron chi connectivity index (χ2n) is 5.69. The third kappa shape index (κ3) is 3.39. The Hall–Kier alpha value is -3.68. The maximum Gasteiger partial charge on any atom is 0.254 e. The predicted octanol–water partition coefficient (Wildman–Crippen LogP) is 2.90. The molecule has 0 aliphatic rings. The standard InChI is InChI=1S/C18H15N5O3/c24-18(14-3-1-2-13(4-14)15-5-21-22-6-15)23(7-16-9-25-11-19-16)8-17-10-26-12-20-17/h1-6,9-12H,7-8H2,(H,21,22). The summed E-state index contributed by atoms with van der Waals surface area (Å²) >= 11 is 0. The van der Waals surface area contributed by atoms with E-state index in [0.717, 1.165) is 11.1 Å². The SMILES string of the molecule is O=C(c1cccc(-c2cn[nH]c2)c1)N(Cc1cocn1)Cc1cocn1. The summed E-state index contributed by atoms with van der Waals surface area (Å²) in [5.74, 6) is -0.138. The number of amides is 1. The molecule has 0 fully saturated rings. The molecule has 3 aromatic heterocycles. The Morgan fingerprint density at radius 1 is 1.04 bits per heavy atom. The fraction of sp³-hybridized carbons (Fsp3) is 0.111. The predicted molar refractivity (Wildman–Crippen MR) is 90.6 cm³/mol. The van der Waals surface area contributed by atoms with Gasteiger partial charge in [0.1, 0.15) is 12.5 Å². The number of benzene rings is 1. The molecule has 0 aliphatic carbocycles. The molecular weight excluding hydrogens is 334 g/mol. The minimum absolute atomic E-state index is 0.138. The van der Waals surface area contributed by atoms with Crippen molar-refractivity contribution >= 4 is 5.91 Å². The van der Waals surface area contributed by atoms with Gasteiger partial charge in [-0.3, -0.25) is 9.89 Å². The molecule has 130 valence electrons. The summed E-state index contributed by atoms with van der Waals surface area (Å²) in [6.45, 7) is 0.607. The van der Waals surface area contributed by atoms with Crippen LogP contribution in [0, 0.1) is 0 Å². The van der Waals surface area contributed by atoms with E-state index in [1.54, 1.807) is 23.4 Å². The highest BCUT2D eigenvalue weighted by atomic mass is 16.3. The molecule has 26 heavy (non-hydrogen) atoms. The number of nitrogens with zero attached hydrogens (tertiary/aromatic N) is 4. The van der Waals surface area contributed by atoms with Gasteiger partial charge in [-0.1, -0.05) is 12.1 Å². The normalized spacial score (nSPS) is 10.8. The fourth-order valence-electron chi connectivity index (χ4n) is 2.64. The van der Waals surface area contributed by atoms with Crippen LogP contribution >= 0.6 is 0 Å². The first-order valence-corrected chi connectivity index (χ1v) is 7.92. The van der Waals surface area contributed by atoms with E-state index in [0.29, 0.717) is 30.0 Å². The van der Waals surface area contributed by atoms with Gasteiger partial charge in [0.2, 0.25) is 0 Å². The van der Waals surface area contributed by atoms with Crippen molar-refractivity contribution in [2.75, 3.05) is 0 Å². The Bertz CT molecular complexity index is 926. The van der Waals surface area contributed by atoms with Crippen LogP contribution in [0.1, 0.15) is 21.7 Å². The smallest absolute Gasteiger partial charge is 0.254 e. The minimum Gasteiger partial charge on any atom is -0.451 e. The molecule has 3 heterocycles. The highest BCUT2D eigenvalue weighted by Gasteiger charge is 2.19. The van der Waals surface area contributed by atoms with Crippen molar-refractivity contribution in [1.82, 2.24) is 25.1 Å². The van der Waals surface area contributed by atoms with E-state index in [4.69, 9.17) is 8.83 Å². The van der Waals surface area contributed by atoms with Crippen molar-refractivity contribution in [2.45, 2.75) is 13.1 Å². The summed E-state index contributed by atoms with van der Waals surface area (Å²) in [4.78, 5) is 23.0. The van der Waals surface area contributed by atoms with Crippen LogP contribution in [0.2, 0.25) is 0 Å². The lowest BCUT2D eigenvalue weighted by molar-refractivity contribution is 0.0725. The molecular formula is C18H15N5O3. The molecule has 8 heteroatoms. The quantitative estimate of drug-likeness (QED) is 0.574. The number of aromatic nitrogens is 4. The molecule has 0 bridgehead atoms. The summed E-state index contributed by atoms with van der Waals surface area (Å²) in [7, 11) is 0. The highest BCUT2D eigenvalue weighted by Crippen LogP contribution is 2.21. The Morgan fingerprint density at radius 2 is 1.77 bits per heavy atom. The lowest BCUT2D eigenvalue weighted by Crippen LogP contribution is -2.30. The molecule has 0 saturated heterocycles. The van der Waals surface area contributed by atoms with Crippen LogP contribution in [0.5, 0.6) is 0 Å². The van der Waals surface area contributed by atoms with Gasteiger partial charge >= 0.3 is 0 Å². The zero-order valence-electron chi connectivity index (χ0n) is 13.7. The van der Waals surface area contributed by atoms with Crippen molar-refractivity contribution in [1.29, 1.82) is 0 Å². The van der Waals surface area contributed by atoms with Crippen LogP contribution in [0.3, 0.4) is 0 Å². The van der Waals surface area contributed by atoms with Gasteiger partial charge in [0.15, 0.2) is 12.8 Å². The zero-order valence-corrected chi connectivity index (χ0v) is 13.7. The van der Waals surface area contributed by atoms with E-state index in [1.165, 1.54) is 25.3 Å². The first kappa shape index (κ1) is 15.8. The second kappa shape index (κ2) is 7.06. The monoisotopic (exact) mass is 349 g/mol. The van der Waals surface area contributed by atoms with Crippen LogP contribution in [0.25, 0.3) is 11.1 Å². The Balaban J connectivity index is 1.62. The Labute approximate surface area is 148 Å². The number of rotatable bonds is 6. The average molecular weight is 349 g/mol. The number of H-pyrrole nitrogens is 1. The molecule has 4 rings (SSSR count). The summed E-state index contributed by atoms with van der Waals surface area (Å²) in [5.41, 5.74) is 3.71. The van der Waals surface area contributed by atoms with Crippen LogP contribution in [0.4, 0.5) is 0 Å². The molecule has 0 spiro atoms. The molecule has 1 amide bonds. The van der Waals surface area contributed by atoms with Crippen LogP contribution in [0.15, 0.2) is 70.8 Å². The topological polar surface area (TPSA) is 101 Å². The van der Waals surface area contributed by atoms with Crippen molar-refractivity contribution in [3.8, 4) is 11.1 Å². The number of nitrogens with one attached hydrogen (secondary N) is 1. The van der Waals surface area contributed by atoms with Crippen molar-refractivity contribution in [3.05, 3.63) is 78.9 Å². The first-order valence-electron chi connectivity index (χ1n) is 7.92. The molecule has 0 atom stereocenters. The number of hydrogen-bond acceptors (Lipinski definition) is 6.